The summed E-state index contributed by atoms with van der Waals surface area (Å²) >= 11 is 5.15. The van der Waals surface area contributed by atoms with Gasteiger partial charge in [-0.3, -0.25) is 4.79 Å². The first-order valence-corrected chi connectivity index (χ1v) is 8.60. The highest BCUT2D eigenvalue weighted by atomic mass is 79.9. The summed E-state index contributed by atoms with van der Waals surface area (Å²) in [5.74, 6) is 0.0828. The summed E-state index contributed by atoms with van der Waals surface area (Å²) in [5.41, 5.74) is 1.11. The van der Waals surface area contributed by atoms with Crippen molar-refractivity contribution in [2.75, 3.05) is 13.6 Å². The van der Waals surface area contributed by atoms with Crippen molar-refractivity contribution in [2.24, 2.45) is 0 Å². The fraction of sp³-hybridized carbons (Fsp3) is 0.312. The van der Waals surface area contributed by atoms with E-state index in [2.05, 4.69) is 32.7 Å². The van der Waals surface area contributed by atoms with Gasteiger partial charge in [-0.05, 0) is 36.1 Å². The van der Waals surface area contributed by atoms with Crippen LogP contribution in [0.3, 0.4) is 0 Å². The predicted molar refractivity (Wildman–Crippen MR) is 90.5 cm³/mol. The van der Waals surface area contributed by atoms with E-state index in [-0.39, 0.29) is 11.9 Å². The van der Waals surface area contributed by atoms with Crippen LogP contribution in [0.4, 0.5) is 0 Å². The number of thiophene rings is 1. The third-order valence-corrected chi connectivity index (χ3v) is 4.67. The molecule has 0 radical (unpaired) electrons. The number of hydrogen-bond donors (Lipinski definition) is 2. The Hall–Kier alpha value is -1.17. The molecule has 21 heavy (non-hydrogen) atoms. The van der Waals surface area contributed by atoms with E-state index in [4.69, 9.17) is 0 Å². The second kappa shape index (κ2) is 7.73. The Bertz CT molecular complexity index is 568. The molecule has 1 unspecified atom stereocenters. The van der Waals surface area contributed by atoms with E-state index >= 15 is 0 Å². The van der Waals surface area contributed by atoms with Gasteiger partial charge in [-0.25, -0.2) is 0 Å². The number of hydrogen-bond acceptors (Lipinski definition) is 2. The van der Waals surface area contributed by atoms with Gasteiger partial charge in [0.25, 0.3) is 5.91 Å². The van der Waals surface area contributed by atoms with Crippen LogP contribution in [0.15, 0.2) is 46.3 Å². The highest BCUT2D eigenvalue weighted by molar-refractivity contribution is 9.10. The summed E-state index contributed by atoms with van der Waals surface area (Å²) in [6.07, 6.45) is 0. The fourth-order valence-electron chi connectivity index (χ4n) is 2.17. The summed E-state index contributed by atoms with van der Waals surface area (Å²) < 4.78 is 1.05. The molecule has 0 aliphatic heterocycles. The van der Waals surface area contributed by atoms with Crippen LogP contribution in [0.1, 0.15) is 23.4 Å². The monoisotopic (exact) mass is 367 g/mol. The smallest absolute Gasteiger partial charge is 0.275 e. The van der Waals surface area contributed by atoms with Crippen LogP contribution in [-0.4, -0.2) is 19.5 Å². The second-order valence-electron chi connectivity index (χ2n) is 5.23. The number of amides is 1. The molecule has 3 nitrogen and oxygen atoms in total. The summed E-state index contributed by atoms with van der Waals surface area (Å²) in [6.45, 7) is 3.38. The van der Waals surface area contributed by atoms with Gasteiger partial charge >= 0.3 is 0 Å². The maximum atomic E-state index is 12.1. The van der Waals surface area contributed by atoms with Gasteiger partial charge in [0.15, 0.2) is 6.54 Å². The van der Waals surface area contributed by atoms with Crippen molar-refractivity contribution in [1.82, 2.24) is 5.32 Å². The van der Waals surface area contributed by atoms with Gasteiger partial charge in [-0.2, -0.15) is 0 Å². The Labute approximate surface area is 138 Å². The van der Waals surface area contributed by atoms with Crippen molar-refractivity contribution in [3.63, 3.8) is 0 Å². The maximum absolute atomic E-state index is 12.1. The first-order valence-electron chi connectivity index (χ1n) is 6.93. The van der Waals surface area contributed by atoms with Crippen molar-refractivity contribution < 1.29 is 9.69 Å². The van der Waals surface area contributed by atoms with Crippen molar-refractivity contribution in [1.29, 1.82) is 0 Å². The van der Waals surface area contributed by atoms with Gasteiger partial charge in [0.05, 0.1) is 18.0 Å². The molecule has 2 atom stereocenters. The van der Waals surface area contributed by atoms with E-state index in [1.165, 1.54) is 9.78 Å². The van der Waals surface area contributed by atoms with E-state index in [0.717, 1.165) is 16.6 Å². The minimum absolute atomic E-state index is 0.0279. The van der Waals surface area contributed by atoms with Crippen molar-refractivity contribution in [2.45, 2.75) is 19.5 Å². The molecule has 5 heteroatoms. The van der Waals surface area contributed by atoms with Gasteiger partial charge < -0.3 is 10.2 Å². The van der Waals surface area contributed by atoms with Crippen molar-refractivity contribution in [3.8, 4) is 0 Å². The molecule has 2 rings (SSSR count). The molecule has 0 aliphatic carbocycles. The first-order chi connectivity index (χ1) is 10.0. The first kappa shape index (κ1) is 16.2. The lowest BCUT2D eigenvalue weighted by atomic mass is 10.1. The lowest BCUT2D eigenvalue weighted by molar-refractivity contribution is -0.885. The second-order valence-corrected chi connectivity index (χ2v) is 7.18. The fourth-order valence-corrected chi connectivity index (χ4v) is 3.26. The quantitative estimate of drug-likeness (QED) is 0.807. The van der Waals surface area contributed by atoms with E-state index in [1.807, 2.05) is 44.3 Å². The number of halogens is 1. The molecule has 2 aromatic rings. The Morgan fingerprint density at radius 1 is 1.33 bits per heavy atom. The van der Waals surface area contributed by atoms with Gasteiger partial charge in [-0.15, -0.1) is 11.3 Å². The van der Waals surface area contributed by atoms with Gasteiger partial charge in [-0.1, -0.05) is 34.1 Å². The number of carbonyl (C=O) groups excluding carboxylic acids is 1. The molecule has 0 aliphatic rings. The standard InChI is InChI=1S/C16H19BrN2OS/c1-12(13-5-7-14(17)8-6-13)18-16(20)11-19(2)10-15-4-3-9-21-15/h3-9,12H,10-11H2,1-2H3,(H,18,20)/p+1/t12-/m0/s1. The largest absolute Gasteiger partial charge is 0.345 e. The highest BCUT2D eigenvalue weighted by Crippen LogP contribution is 2.16. The zero-order chi connectivity index (χ0) is 15.2. The molecule has 1 heterocycles. The highest BCUT2D eigenvalue weighted by Gasteiger charge is 2.14. The Morgan fingerprint density at radius 2 is 2.05 bits per heavy atom. The molecule has 2 N–H and O–H groups in total. The molecule has 0 bridgehead atoms. The van der Waals surface area contributed by atoms with Crippen LogP contribution in [0, 0.1) is 0 Å². The van der Waals surface area contributed by atoms with Crippen LogP contribution < -0.4 is 10.2 Å². The molecule has 1 amide bonds. The van der Waals surface area contributed by atoms with Gasteiger partial charge in [0, 0.05) is 4.47 Å². The maximum Gasteiger partial charge on any atom is 0.275 e. The summed E-state index contributed by atoms with van der Waals surface area (Å²) in [4.78, 5) is 14.6. The average molecular weight is 368 g/mol. The molecule has 0 saturated heterocycles. The molecule has 1 aromatic carbocycles. The summed E-state index contributed by atoms with van der Waals surface area (Å²) in [5, 5.41) is 5.12. The minimum Gasteiger partial charge on any atom is -0.345 e. The average Bonchev–Trinajstić information content (AvgIpc) is 2.91. The molecule has 1 aromatic heterocycles. The van der Waals surface area contributed by atoms with Crippen LogP contribution in [0.2, 0.25) is 0 Å². The van der Waals surface area contributed by atoms with Gasteiger partial charge in [0.1, 0.15) is 6.54 Å². The SMILES string of the molecule is C[C@H](NC(=O)C[NH+](C)Cc1cccs1)c1ccc(Br)cc1. The minimum atomic E-state index is 0.0279. The third-order valence-electron chi connectivity index (χ3n) is 3.27. The number of quaternary nitrogens is 1. The summed E-state index contributed by atoms with van der Waals surface area (Å²) in [6, 6.07) is 12.2. The Morgan fingerprint density at radius 3 is 2.67 bits per heavy atom. The molecule has 0 fully saturated rings. The molecule has 0 saturated carbocycles. The normalized spacial score (nSPS) is 13.7. The molecule has 112 valence electrons. The van der Waals surface area contributed by atoms with Crippen LogP contribution in [0.25, 0.3) is 0 Å². The lowest BCUT2D eigenvalue weighted by Crippen LogP contribution is -3.08. The number of carbonyl (C=O) groups is 1. The third kappa shape index (κ3) is 5.26. The molecular formula is C16H20BrN2OS+. The van der Waals surface area contributed by atoms with Crippen molar-refractivity contribution in [3.05, 3.63) is 56.7 Å². The predicted octanol–water partition coefficient (Wildman–Crippen LogP) is 2.40. The van der Waals surface area contributed by atoms with E-state index in [9.17, 15) is 4.79 Å². The van der Waals surface area contributed by atoms with Crippen LogP contribution in [0.5, 0.6) is 0 Å². The van der Waals surface area contributed by atoms with E-state index < -0.39 is 0 Å². The zero-order valence-corrected chi connectivity index (χ0v) is 14.6. The number of nitrogens with one attached hydrogen (secondary N) is 2. The van der Waals surface area contributed by atoms with Gasteiger partial charge in [0.2, 0.25) is 0 Å². The Kier molecular flexibility index (Phi) is 5.96. The Balaban J connectivity index is 1.82. The number of likely N-dealkylation sites (N-methyl/N-ethyl adjacent to an activating group) is 1. The van der Waals surface area contributed by atoms with Crippen LogP contribution >= 0.6 is 27.3 Å². The number of benzene rings is 1. The van der Waals surface area contributed by atoms with E-state index in [1.54, 1.807) is 11.3 Å². The molecular weight excluding hydrogens is 348 g/mol. The van der Waals surface area contributed by atoms with Crippen LogP contribution in [-0.2, 0) is 11.3 Å². The summed E-state index contributed by atoms with van der Waals surface area (Å²) in [7, 11) is 2.05. The van der Waals surface area contributed by atoms with E-state index in [0.29, 0.717) is 6.54 Å². The lowest BCUT2D eigenvalue weighted by Gasteiger charge is -2.17. The van der Waals surface area contributed by atoms with Crippen molar-refractivity contribution >= 4 is 33.2 Å². The zero-order valence-electron chi connectivity index (χ0n) is 12.2. The number of rotatable bonds is 6. The topological polar surface area (TPSA) is 33.5 Å². The molecule has 0 spiro atoms.